The Morgan fingerprint density at radius 3 is 3.06 bits per heavy atom. The quantitative estimate of drug-likeness (QED) is 0.595. The second-order valence-corrected chi connectivity index (χ2v) is 3.76. The van der Waals surface area contributed by atoms with Crippen LogP contribution in [0.2, 0.25) is 0 Å². The number of rotatable bonds is 3. The number of carbonyl (C=O) groups excluding carboxylic acids is 1. The largest absolute Gasteiger partial charge is 0.294 e. The molecule has 1 aromatic rings. The Hall–Kier alpha value is -1.55. The number of hydrogen-bond donors (Lipinski definition) is 0. The number of hydrogen-bond acceptors (Lipinski definition) is 4. The van der Waals surface area contributed by atoms with Crippen molar-refractivity contribution in [2.45, 2.75) is 12.8 Å². The van der Waals surface area contributed by atoms with Crippen LogP contribution in [0.1, 0.15) is 23.2 Å². The summed E-state index contributed by atoms with van der Waals surface area (Å²) < 4.78 is 0. The number of carbonyl (C=O) groups is 1. The van der Waals surface area contributed by atoms with Crippen LogP contribution >= 0.6 is 11.6 Å². The van der Waals surface area contributed by atoms with Crippen molar-refractivity contribution in [3.05, 3.63) is 30.1 Å². The number of aliphatic imine (C=N–C) groups is 2. The molecular weight excluding hydrogens is 226 g/mol. The molecule has 0 bridgehead atoms. The van der Waals surface area contributed by atoms with Gasteiger partial charge in [-0.15, -0.1) is 0 Å². The first kappa shape index (κ1) is 11.0. The predicted molar refractivity (Wildman–Crippen MR) is 63.4 cm³/mol. The van der Waals surface area contributed by atoms with Crippen LogP contribution in [0.4, 0.5) is 0 Å². The molecule has 82 valence electrons. The van der Waals surface area contributed by atoms with Crippen LogP contribution in [0.5, 0.6) is 0 Å². The van der Waals surface area contributed by atoms with Gasteiger partial charge < -0.3 is 0 Å². The van der Waals surface area contributed by atoms with E-state index in [9.17, 15) is 4.79 Å². The molecular formula is C11H10ClN3O. The summed E-state index contributed by atoms with van der Waals surface area (Å²) >= 11 is 5.68. The lowest BCUT2D eigenvalue weighted by molar-refractivity contribution is 0.1000. The highest BCUT2D eigenvalue weighted by molar-refractivity contribution is 6.65. The molecule has 0 atom stereocenters. The van der Waals surface area contributed by atoms with Crippen molar-refractivity contribution < 1.29 is 4.79 Å². The number of nitrogens with zero attached hydrogens (tertiary/aromatic N) is 3. The van der Waals surface area contributed by atoms with E-state index in [-0.39, 0.29) is 17.5 Å². The minimum Gasteiger partial charge on any atom is -0.294 e. The minimum absolute atomic E-state index is 0.0122. The van der Waals surface area contributed by atoms with Gasteiger partial charge in [-0.3, -0.25) is 14.8 Å². The predicted octanol–water partition coefficient (Wildman–Crippen LogP) is 2.09. The highest BCUT2D eigenvalue weighted by Gasteiger charge is 2.13. The molecule has 0 N–H and O–H groups in total. The maximum absolute atomic E-state index is 11.8. The van der Waals surface area contributed by atoms with E-state index in [0.29, 0.717) is 18.5 Å². The smallest absolute Gasteiger partial charge is 0.217 e. The van der Waals surface area contributed by atoms with Gasteiger partial charge in [-0.25, -0.2) is 4.99 Å². The highest BCUT2D eigenvalue weighted by Crippen LogP contribution is 2.09. The van der Waals surface area contributed by atoms with Gasteiger partial charge in [0.2, 0.25) is 5.29 Å². The van der Waals surface area contributed by atoms with Gasteiger partial charge in [0.25, 0.3) is 0 Å². The zero-order valence-corrected chi connectivity index (χ0v) is 9.31. The van der Waals surface area contributed by atoms with Gasteiger partial charge in [0.1, 0.15) is 0 Å². The zero-order chi connectivity index (χ0) is 11.4. The van der Waals surface area contributed by atoms with E-state index in [0.717, 1.165) is 5.71 Å². The molecule has 0 amide bonds. The van der Waals surface area contributed by atoms with E-state index in [4.69, 9.17) is 11.6 Å². The van der Waals surface area contributed by atoms with Crippen molar-refractivity contribution in [1.29, 1.82) is 0 Å². The average Bonchev–Trinajstić information content (AvgIpc) is 2.30. The van der Waals surface area contributed by atoms with Crippen molar-refractivity contribution in [3.63, 3.8) is 0 Å². The summed E-state index contributed by atoms with van der Waals surface area (Å²) in [5.74, 6) is 0.0122. The Morgan fingerprint density at radius 1 is 1.50 bits per heavy atom. The van der Waals surface area contributed by atoms with E-state index in [2.05, 4.69) is 15.0 Å². The summed E-state index contributed by atoms with van der Waals surface area (Å²) in [7, 11) is 0. The zero-order valence-electron chi connectivity index (χ0n) is 8.56. The Bertz CT molecular complexity index is 454. The molecule has 1 aromatic heterocycles. The van der Waals surface area contributed by atoms with Crippen molar-refractivity contribution in [3.8, 4) is 0 Å². The van der Waals surface area contributed by atoms with Crippen LogP contribution in [0.25, 0.3) is 0 Å². The summed E-state index contributed by atoms with van der Waals surface area (Å²) in [5, 5.41) is 0.236. The molecule has 0 unspecified atom stereocenters. The van der Waals surface area contributed by atoms with Crippen LogP contribution in [-0.4, -0.2) is 28.3 Å². The van der Waals surface area contributed by atoms with Gasteiger partial charge in [0, 0.05) is 43.1 Å². The van der Waals surface area contributed by atoms with Crippen LogP contribution < -0.4 is 0 Å². The third-order valence-corrected chi connectivity index (χ3v) is 2.45. The molecule has 0 spiro atoms. The molecule has 16 heavy (non-hydrogen) atoms. The van der Waals surface area contributed by atoms with Crippen molar-refractivity contribution in [2.24, 2.45) is 9.98 Å². The van der Waals surface area contributed by atoms with Gasteiger partial charge >= 0.3 is 0 Å². The highest BCUT2D eigenvalue weighted by atomic mass is 35.5. The van der Waals surface area contributed by atoms with E-state index < -0.39 is 0 Å². The lowest BCUT2D eigenvalue weighted by Gasteiger charge is -2.08. The fourth-order valence-electron chi connectivity index (χ4n) is 1.44. The molecule has 0 fully saturated rings. The van der Waals surface area contributed by atoms with E-state index in [1.165, 1.54) is 0 Å². The van der Waals surface area contributed by atoms with Crippen LogP contribution in [-0.2, 0) is 0 Å². The van der Waals surface area contributed by atoms with Gasteiger partial charge in [0.15, 0.2) is 5.78 Å². The molecule has 0 saturated carbocycles. The van der Waals surface area contributed by atoms with Crippen molar-refractivity contribution in [2.75, 3.05) is 6.54 Å². The first-order valence-electron chi connectivity index (χ1n) is 4.95. The normalized spacial score (nSPS) is 15.3. The second-order valence-electron chi connectivity index (χ2n) is 3.42. The Balaban J connectivity index is 2.06. The monoisotopic (exact) mass is 235 g/mol. The molecule has 2 heterocycles. The maximum Gasteiger partial charge on any atom is 0.217 e. The molecule has 1 aliphatic rings. The molecule has 1 aliphatic heterocycles. The fourth-order valence-corrected chi connectivity index (χ4v) is 1.65. The Labute approximate surface area is 98.1 Å². The summed E-state index contributed by atoms with van der Waals surface area (Å²) in [6.07, 6.45) is 4.18. The SMILES string of the molecule is O=C(CC1=NC(Cl)=NCC1)c1cccnc1. The summed E-state index contributed by atoms with van der Waals surface area (Å²) in [6, 6.07) is 3.48. The molecule has 5 heteroatoms. The van der Waals surface area contributed by atoms with Crippen molar-refractivity contribution in [1.82, 2.24) is 4.98 Å². The Kier molecular flexibility index (Phi) is 3.41. The maximum atomic E-state index is 11.8. The number of amidine groups is 1. The standard InChI is InChI=1S/C11H10ClN3O/c12-11-14-5-3-9(15-11)6-10(16)8-2-1-4-13-7-8/h1-2,4,7H,3,5-6H2. The van der Waals surface area contributed by atoms with Crippen molar-refractivity contribution >= 4 is 28.4 Å². The Morgan fingerprint density at radius 2 is 2.38 bits per heavy atom. The molecule has 0 aliphatic carbocycles. The molecule has 0 aromatic carbocycles. The topological polar surface area (TPSA) is 54.7 Å². The van der Waals surface area contributed by atoms with Gasteiger partial charge in [-0.05, 0) is 23.7 Å². The number of ketones is 1. The molecule has 2 rings (SSSR count). The summed E-state index contributed by atoms with van der Waals surface area (Å²) in [6.45, 7) is 0.609. The second kappa shape index (κ2) is 4.99. The summed E-state index contributed by atoms with van der Waals surface area (Å²) in [5.41, 5.74) is 1.39. The van der Waals surface area contributed by atoms with Gasteiger partial charge in [-0.2, -0.15) is 0 Å². The van der Waals surface area contributed by atoms with Crippen LogP contribution in [0, 0.1) is 0 Å². The number of Topliss-reactive ketones (excluding diaryl/α,β-unsaturated/α-hetero) is 1. The number of halogens is 1. The third-order valence-electron chi connectivity index (χ3n) is 2.24. The lowest BCUT2D eigenvalue weighted by Crippen LogP contribution is -2.14. The molecule has 4 nitrogen and oxygen atoms in total. The molecule has 0 saturated heterocycles. The molecule has 0 radical (unpaired) electrons. The first-order chi connectivity index (χ1) is 7.75. The van der Waals surface area contributed by atoms with Gasteiger partial charge in [0.05, 0.1) is 0 Å². The third kappa shape index (κ3) is 2.73. The fraction of sp³-hybridized carbons (Fsp3) is 0.273. The number of aromatic nitrogens is 1. The number of pyridine rings is 1. The minimum atomic E-state index is 0.0122. The van der Waals surface area contributed by atoms with Gasteiger partial charge in [-0.1, -0.05) is 0 Å². The van der Waals surface area contributed by atoms with E-state index in [1.807, 2.05) is 0 Å². The summed E-state index contributed by atoms with van der Waals surface area (Å²) in [4.78, 5) is 23.7. The van der Waals surface area contributed by atoms with E-state index >= 15 is 0 Å². The van der Waals surface area contributed by atoms with Crippen LogP contribution in [0.15, 0.2) is 34.5 Å². The lowest BCUT2D eigenvalue weighted by atomic mass is 10.1. The average molecular weight is 236 g/mol. The first-order valence-corrected chi connectivity index (χ1v) is 5.33. The van der Waals surface area contributed by atoms with Crippen LogP contribution in [0.3, 0.4) is 0 Å². The van der Waals surface area contributed by atoms with E-state index in [1.54, 1.807) is 24.5 Å².